The molecule has 1 atom stereocenters. The molecule has 1 aromatic carbocycles. The molecule has 0 fully saturated rings. The average Bonchev–Trinajstić information content (AvgIpc) is 2.33. The molecule has 0 saturated carbocycles. The normalized spacial score (nSPS) is 19.1. The molecular formula is C14H15ClO2. The van der Waals surface area contributed by atoms with Crippen molar-refractivity contribution in [3.05, 3.63) is 40.9 Å². The van der Waals surface area contributed by atoms with Crippen LogP contribution in [-0.2, 0) is 0 Å². The molecule has 2 rings (SSSR count). The van der Waals surface area contributed by atoms with Crippen LogP contribution in [0.25, 0.3) is 0 Å². The van der Waals surface area contributed by atoms with Gasteiger partial charge in [0.2, 0.25) is 0 Å². The van der Waals surface area contributed by atoms with Crippen LogP contribution < -0.4 is 4.74 Å². The summed E-state index contributed by atoms with van der Waals surface area (Å²) in [5.41, 5.74) is 0.613. The van der Waals surface area contributed by atoms with E-state index >= 15 is 0 Å². The average molecular weight is 251 g/mol. The Labute approximate surface area is 106 Å². The first-order chi connectivity index (χ1) is 8.16. The maximum atomic E-state index is 11.2. The molecule has 0 aromatic heterocycles. The number of hydrogen-bond acceptors (Lipinski definition) is 2. The second kappa shape index (κ2) is 5.37. The van der Waals surface area contributed by atoms with Crippen molar-refractivity contribution in [1.29, 1.82) is 0 Å². The van der Waals surface area contributed by atoms with E-state index < -0.39 is 0 Å². The summed E-state index contributed by atoms with van der Waals surface area (Å²) in [7, 11) is 0. The molecule has 3 heteroatoms. The van der Waals surface area contributed by atoms with E-state index in [2.05, 4.69) is 12.2 Å². The summed E-state index contributed by atoms with van der Waals surface area (Å²) in [6.07, 6.45) is 7.58. The summed E-state index contributed by atoms with van der Waals surface area (Å²) in [6, 6.07) is 5.17. The molecule has 0 bridgehead atoms. The minimum Gasteiger partial charge on any atom is -0.485 e. The molecule has 0 amide bonds. The first kappa shape index (κ1) is 12.2. The summed E-state index contributed by atoms with van der Waals surface area (Å²) in [4.78, 5) is 11.2. The Bertz CT molecular complexity index is 452. The van der Waals surface area contributed by atoms with Crippen LogP contribution in [0.15, 0.2) is 30.4 Å². The molecular weight excluding hydrogens is 236 g/mol. The SMILES string of the molecule is CC(=O)c1ccc(OC2C=CCCC2)c(Cl)c1. The fourth-order valence-electron chi connectivity index (χ4n) is 1.86. The third-order valence-electron chi connectivity index (χ3n) is 2.83. The van der Waals surface area contributed by atoms with Gasteiger partial charge in [-0.2, -0.15) is 0 Å². The van der Waals surface area contributed by atoms with Gasteiger partial charge in [0.1, 0.15) is 11.9 Å². The fraction of sp³-hybridized carbons (Fsp3) is 0.357. The summed E-state index contributed by atoms with van der Waals surface area (Å²) >= 11 is 6.09. The number of halogens is 1. The number of rotatable bonds is 3. The molecule has 17 heavy (non-hydrogen) atoms. The van der Waals surface area contributed by atoms with E-state index in [1.165, 1.54) is 6.92 Å². The number of benzene rings is 1. The van der Waals surface area contributed by atoms with Crippen LogP contribution >= 0.6 is 11.6 Å². The van der Waals surface area contributed by atoms with Crippen molar-refractivity contribution in [2.75, 3.05) is 0 Å². The van der Waals surface area contributed by atoms with Crippen LogP contribution in [0, 0.1) is 0 Å². The maximum Gasteiger partial charge on any atom is 0.159 e. The van der Waals surface area contributed by atoms with Gasteiger partial charge in [0, 0.05) is 5.56 Å². The highest BCUT2D eigenvalue weighted by atomic mass is 35.5. The Morgan fingerprint density at radius 3 is 2.88 bits per heavy atom. The van der Waals surface area contributed by atoms with Gasteiger partial charge in [0.05, 0.1) is 5.02 Å². The zero-order valence-electron chi connectivity index (χ0n) is 9.78. The lowest BCUT2D eigenvalue weighted by molar-refractivity contribution is 0.101. The topological polar surface area (TPSA) is 26.3 Å². The Balaban J connectivity index is 2.13. The third kappa shape index (κ3) is 3.10. The van der Waals surface area contributed by atoms with E-state index in [9.17, 15) is 4.79 Å². The van der Waals surface area contributed by atoms with Crippen LogP contribution in [0.2, 0.25) is 5.02 Å². The predicted molar refractivity (Wildman–Crippen MR) is 68.9 cm³/mol. The smallest absolute Gasteiger partial charge is 0.159 e. The molecule has 0 N–H and O–H groups in total. The number of carbonyl (C=O) groups excluding carboxylic acids is 1. The second-order valence-electron chi connectivity index (χ2n) is 4.22. The van der Waals surface area contributed by atoms with Gasteiger partial charge in [-0.25, -0.2) is 0 Å². The molecule has 0 aliphatic heterocycles. The molecule has 90 valence electrons. The summed E-state index contributed by atoms with van der Waals surface area (Å²) in [5, 5.41) is 0.497. The quantitative estimate of drug-likeness (QED) is 0.598. The van der Waals surface area contributed by atoms with E-state index in [-0.39, 0.29) is 11.9 Å². The number of carbonyl (C=O) groups is 1. The van der Waals surface area contributed by atoms with Gasteiger partial charge in [-0.05, 0) is 50.5 Å². The number of ketones is 1. The minimum absolute atomic E-state index is 0.0102. The Kier molecular flexibility index (Phi) is 3.85. The monoisotopic (exact) mass is 250 g/mol. The van der Waals surface area contributed by atoms with Gasteiger partial charge >= 0.3 is 0 Å². The lowest BCUT2D eigenvalue weighted by Crippen LogP contribution is -2.15. The Hall–Kier alpha value is -1.28. The lowest BCUT2D eigenvalue weighted by atomic mass is 10.1. The van der Waals surface area contributed by atoms with Crippen molar-refractivity contribution < 1.29 is 9.53 Å². The minimum atomic E-state index is 0.0102. The van der Waals surface area contributed by atoms with Crippen molar-refractivity contribution in [3.63, 3.8) is 0 Å². The Morgan fingerprint density at radius 1 is 1.47 bits per heavy atom. The van der Waals surface area contributed by atoms with E-state index in [0.717, 1.165) is 19.3 Å². The summed E-state index contributed by atoms with van der Waals surface area (Å²) in [6.45, 7) is 1.52. The number of allylic oxidation sites excluding steroid dienone is 1. The largest absolute Gasteiger partial charge is 0.485 e. The standard InChI is InChI=1S/C14H15ClO2/c1-10(16)11-7-8-14(13(15)9-11)17-12-5-3-2-4-6-12/h3,5,7-9,12H,2,4,6H2,1H3. The van der Waals surface area contributed by atoms with Gasteiger partial charge in [0.25, 0.3) is 0 Å². The first-order valence-corrected chi connectivity index (χ1v) is 6.18. The van der Waals surface area contributed by atoms with Crippen LogP contribution in [0.4, 0.5) is 0 Å². The molecule has 0 radical (unpaired) electrons. The molecule has 1 unspecified atom stereocenters. The Morgan fingerprint density at radius 2 is 2.29 bits per heavy atom. The zero-order valence-corrected chi connectivity index (χ0v) is 10.5. The predicted octanol–water partition coefficient (Wildman–Crippen LogP) is 4.03. The van der Waals surface area contributed by atoms with Crippen molar-refractivity contribution in [2.24, 2.45) is 0 Å². The van der Waals surface area contributed by atoms with Crippen molar-refractivity contribution in [3.8, 4) is 5.75 Å². The first-order valence-electron chi connectivity index (χ1n) is 5.80. The van der Waals surface area contributed by atoms with Gasteiger partial charge in [-0.3, -0.25) is 4.79 Å². The third-order valence-corrected chi connectivity index (χ3v) is 3.12. The van der Waals surface area contributed by atoms with Gasteiger partial charge in [0.15, 0.2) is 5.78 Å². The number of Topliss-reactive ketones (excluding diaryl/α,β-unsaturated/α-hetero) is 1. The molecule has 0 spiro atoms. The summed E-state index contributed by atoms with van der Waals surface area (Å²) in [5.74, 6) is 0.657. The molecule has 1 aliphatic carbocycles. The van der Waals surface area contributed by atoms with Gasteiger partial charge in [-0.1, -0.05) is 17.7 Å². The van der Waals surface area contributed by atoms with Gasteiger partial charge < -0.3 is 4.74 Å². The van der Waals surface area contributed by atoms with Gasteiger partial charge in [-0.15, -0.1) is 0 Å². The van der Waals surface area contributed by atoms with E-state index in [1.54, 1.807) is 18.2 Å². The lowest BCUT2D eigenvalue weighted by Gasteiger charge is -2.19. The van der Waals surface area contributed by atoms with Crippen LogP contribution in [0.5, 0.6) is 5.75 Å². The van der Waals surface area contributed by atoms with E-state index in [1.807, 2.05) is 0 Å². The van der Waals surface area contributed by atoms with Crippen LogP contribution in [-0.4, -0.2) is 11.9 Å². The molecule has 1 aliphatic rings. The molecule has 2 nitrogen and oxygen atoms in total. The molecule has 0 heterocycles. The highest BCUT2D eigenvalue weighted by Gasteiger charge is 2.12. The second-order valence-corrected chi connectivity index (χ2v) is 4.62. The van der Waals surface area contributed by atoms with Crippen LogP contribution in [0.3, 0.4) is 0 Å². The van der Waals surface area contributed by atoms with Crippen molar-refractivity contribution >= 4 is 17.4 Å². The fourth-order valence-corrected chi connectivity index (χ4v) is 2.08. The number of ether oxygens (including phenoxy) is 1. The van der Waals surface area contributed by atoms with E-state index in [4.69, 9.17) is 16.3 Å². The highest BCUT2D eigenvalue weighted by Crippen LogP contribution is 2.28. The van der Waals surface area contributed by atoms with Crippen molar-refractivity contribution in [2.45, 2.75) is 32.3 Å². The zero-order chi connectivity index (χ0) is 12.3. The summed E-state index contributed by atoms with van der Waals surface area (Å²) < 4.78 is 5.79. The number of hydrogen-bond donors (Lipinski definition) is 0. The maximum absolute atomic E-state index is 11.2. The highest BCUT2D eigenvalue weighted by molar-refractivity contribution is 6.32. The van der Waals surface area contributed by atoms with Crippen LogP contribution in [0.1, 0.15) is 36.5 Å². The van der Waals surface area contributed by atoms with E-state index in [0.29, 0.717) is 16.3 Å². The molecule has 0 saturated heterocycles. The molecule has 1 aromatic rings. The van der Waals surface area contributed by atoms with Crippen molar-refractivity contribution in [1.82, 2.24) is 0 Å².